The smallest absolute Gasteiger partial charge is 0.122 e. The first-order chi connectivity index (χ1) is 10.3. The molecule has 1 saturated carbocycles. The molecule has 4 heteroatoms. The highest BCUT2D eigenvalue weighted by atomic mass is 32.1. The van der Waals surface area contributed by atoms with Gasteiger partial charge < -0.3 is 10.1 Å². The summed E-state index contributed by atoms with van der Waals surface area (Å²) in [4.78, 5) is 6.55. The molecule has 3 nitrogen and oxygen atoms in total. The van der Waals surface area contributed by atoms with Crippen LogP contribution in [0, 0.1) is 0 Å². The van der Waals surface area contributed by atoms with Crippen molar-refractivity contribution in [2.45, 2.75) is 76.9 Å². The second-order valence-corrected chi connectivity index (χ2v) is 7.48. The Labute approximate surface area is 132 Å². The molecule has 2 aliphatic rings. The first kappa shape index (κ1) is 15.4. The summed E-state index contributed by atoms with van der Waals surface area (Å²) in [5.74, 6) is 0.628. The quantitative estimate of drug-likeness (QED) is 0.782. The minimum absolute atomic E-state index is 0.215. The fraction of sp³-hybridized carbons (Fsp3) is 0.824. The number of hydrogen-bond acceptors (Lipinski definition) is 4. The molecule has 0 aliphatic heterocycles. The number of aryl methyl sites for hydroxylation is 1. The number of nitrogens with one attached hydrogen (secondary N) is 1. The summed E-state index contributed by atoms with van der Waals surface area (Å²) in [6, 6.07) is 0.796. The van der Waals surface area contributed by atoms with E-state index in [0.717, 1.165) is 32.0 Å². The lowest BCUT2D eigenvalue weighted by Gasteiger charge is -2.21. The van der Waals surface area contributed by atoms with E-state index < -0.39 is 0 Å². The van der Waals surface area contributed by atoms with Crippen molar-refractivity contribution in [2.24, 2.45) is 0 Å². The zero-order valence-electron chi connectivity index (χ0n) is 13.4. The van der Waals surface area contributed by atoms with Crippen LogP contribution in [-0.4, -0.2) is 24.2 Å². The van der Waals surface area contributed by atoms with E-state index in [0.29, 0.717) is 5.92 Å². The van der Waals surface area contributed by atoms with Gasteiger partial charge in [0.1, 0.15) is 11.1 Å². The summed E-state index contributed by atoms with van der Waals surface area (Å²) in [6.07, 6.45) is 9.02. The Morgan fingerprint density at radius 3 is 2.90 bits per heavy atom. The van der Waals surface area contributed by atoms with Gasteiger partial charge in [0.05, 0.1) is 5.69 Å². The van der Waals surface area contributed by atoms with Gasteiger partial charge in [-0.1, -0.05) is 13.3 Å². The van der Waals surface area contributed by atoms with Crippen LogP contribution in [0.15, 0.2) is 0 Å². The molecule has 0 radical (unpaired) electrons. The van der Waals surface area contributed by atoms with E-state index in [9.17, 15) is 0 Å². The summed E-state index contributed by atoms with van der Waals surface area (Å²) in [6.45, 7) is 6.20. The molecular formula is C17H28N2OS. The van der Waals surface area contributed by atoms with Gasteiger partial charge in [0.15, 0.2) is 0 Å². The molecule has 0 spiro atoms. The number of aromatic nitrogens is 1. The average molecular weight is 308 g/mol. The summed E-state index contributed by atoms with van der Waals surface area (Å²) in [5.41, 5.74) is 1.38. The molecular weight excluding hydrogens is 280 g/mol. The molecule has 2 aliphatic carbocycles. The standard InChI is InChI=1S/C17H28N2OS/c1-3-6-14(20-4-2)17-19-16-12(11-18-13-9-10-13)7-5-8-15(16)21-17/h12-14,18H,3-11H2,1-2H3. The maximum atomic E-state index is 5.92. The Morgan fingerprint density at radius 2 is 2.19 bits per heavy atom. The van der Waals surface area contributed by atoms with Crippen LogP contribution >= 0.6 is 11.3 Å². The third-order valence-corrected chi connectivity index (χ3v) is 5.73. The lowest BCUT2D eigenvalue weighted by molar-refractivity contribution is 0.0554. The van der Waals surface area contributed by atoms with Crippen LogP contribution in [0.5, 0.6) is 0 Å². The third-order valence-electron chi connectivity index (χ3n) is 4.51. The maximum Gasteiger partial charge on any atom is 0.122 e. The number of nitrogens with zero attached hydrogens (tertiary/aromatic N) is 1. The van der Waals surface area contributed by atoms with Crippen molar-refractivity contribution in [3.8, 4) is 0 Å². The molecule has 2 atom stereocenters. The van der Waals surface area contributed by atoms with E-state index in [-0.39, 0.29) is 6.10 Å². The SMILES string of the molecule is CCCC(OCC)c1nc2c(s1)CCCC2CNC1CC1. The van der Waals surface area contributed by atoms with Crippen molar-refractivity contribution >= 4 is 11.3 Å². The minimum Gasteiger partial charge on any atom is -0.371 e. The highest BCUT2D eigenvalue weighted by Gasteiger charge is 2.29. The maximum absolute atomic E-state index is 5.92. The van der Waals surface area contributed by atoms with E-state index in [1.165, 1.54) is 47.7 Å². The van der Waals surface area contributed by atoms with Crippen LogP contribution in [0.25, 0.3) is 0 Å². The Balaban J connectivity index is 1.72. The van der Waals surface area contributed by atoms with Gasteiger partial charge >= 0.3 is 0 Å². The Morgan fingerprint density at radius 1 is 1.33 bits per heavy atom. The normalized spacial score (nSPS) is 23.0. The van der Waals surface area contributed by atoms with E-state index in [2.05, 4.69) is 19.2 Å². The molecule has 21 heavy (non-hydrogen) atoms. The molecule has 2 unspecified atom stereocenters. The van der Waals surface area contributed by atoms with Crippen molar-refractivity contribution in [1.29, 1.82) is 0 Å². The molecule has 1 fully saturated rings. The molecule has 1 aromatic heterocycles. The first-order valence-corrected chi connectivity index (χ1v) is 9.47. The largest absolute Gasteiger partial charge is 0.371 e. The fourth-order valence-corrected chi connectivity index (χ4v) is 4.48. The van der Waals surface area contributed by atoms with Crippen LogP contribution in [-0.2, 0) is 11.2 Å². The van der Waals surface area contributed by atoms with Crippen molar-refractivity contribution in [2.75, 3.05) is 13.2 Å². The molecule has 0 aromatic carbocycles. The molecule has 0 saturated heterocycles. The first-order valence-electron chi connectivity index (χ1n) is 8.66. The van der Waals surface area contributed by atoms with E-state index in [4.69, 9.17) is 9.72 Å². The van der Waals surface area contributed by atoms with Gasteiger partial charge in [-0.15, -0.1) is 11.3 Å². The highest BCUT2D eigenvalue weighted by molar-refractivity contribution is 7.11. The molecule has 0 bridgehead atoms. The second kappa shape index (κ2) is 7.21. The monoisotopic (exact) mass is 308 g/mol. The van der Waals surface area contributed by atoms with E-state index >= 15 is 0 Å². The summed E-state index contributed by atoms with van der Waals surface area (Å²) in [5, 5.41) is 4.91. The molecule has 0 amide bonds. The molecule has 118 valence electrons. The van der Waals surface area contributed by atoms with Crippen molar-refractivity contribution in [3.63, 3.8) is 0 Å². The zero-order valence-corrected chi connectivity index (χ0v) is 14.2. The third kappa shape index (κ3) is 3.85. The number of fused-ring (bicyclic) bond motifs is 1. The average Bonchev–Trinajstić information content (AvgIpc) is 3.21. The minimum atomic E-state index is 0.215. The van der Waals surface area contributed by atoms with Crippen LogP contribution < -0.4 is 5.32 Å². The summed E-state index contributed by atoms with van der Waals surface area (Å²) < 4.78 is 5.92. The Kier molecular flexibility index (Phi) is 5.30. The summed E-state index contributed by atoms with van der Waals surface area (Å²) in [7, 11) is 0. The fourth-order valence-electron chi connectivity index (χ4n) is 3.20. The van der Waals surface area contributed by atoms with Crippen molar-refractivity contribution in [3.05, 3.63) is 15.6 Å². The van der Waals surface area contributed by atoms with Gasteiger partial charge in [0.2, 0.25) is 0 Å². The summed E-state index contributed by atoms with van der Waals surface area (Å²) >= 11 is 1.91. The molecule has 3 rings (SSSR count). The second-order valence-electron chi connectivity index (χ2n) is 6.36. The lowest BCUT2D eigenvalue weighted by Crippen LogP contribution is -2.25. The number of thiazole rings is 1. The van der Waals surface area contributed by atoms with E-state index in [1.807, 2.05) is 11.3 Å². The predicted molar refractivity (Wildman–Crippen MR) is 88.1 cm³/mol. The Bertz CT molecular complexity index is 450. The Hall–Kier alpha value is -0.450. The van der Waals surface area contributed by atoms with E-state index in [1.54, 1.807) is 0 Å². The van der Waals surface area contributed by atoms with Crippen LogP contribution in [0.2, 0.25) is 0 Å². The number of ether oxygens (including phenoxy) is 1. The van der Waals surface area contributed by atoms with Crippen LogP contribution in [0.3, 0.4) is 0 Å². The van der Waals surface area contributed by atoms with Gasteiger partial charge in [0, 0.05) is 30.0 Å². The molecule has 1 N–H and O–H groups in total. The lowest BCUT2D eigenvalue weighted by atomic mass is 9.91. The number of hydrogen-bond donors (Lipinski definition) is 1. The predicted octanol–water partition coefficient (Wildman–Crippen LogP) is 4.19. The van der Waals surface area contributed by atoms with Gasteiger partial charge in [0.25, 0.3) is 0 Å². The topological polar surface area (TPSA) is 34.1 Å². The molecule has 1 aromatic rings. The van der Waals surface area contributed by atoms with Gasteiger partial charge in [-0.2, -0.15) is 0 Å². The van der Waals surface area contributed by atoms with Crippen molar-refractivity contribution in [1.82, 2.24) is 10.3 Å². The number of rotatable bonds is 8. The van der Waals surface area contributed by atoms with Crippen LogP contribution in [0.4, 0.5) is 0 Å². The highest BCUT2D eigenvalue weighted by Crippen LogP contribution is 2.38. The zero-order chi connectivity index (χ0) is 14.7. The molecule has 1 heterocycles. The van der Waals surface area contributed by atoms with Crippen LogP contribution in [0.1, 0.15) is 80.0 Å². The van der Waals surface area contributed by atoms with Crippen molar-refractivity contribution < 1.29 is 4.74 Å². The van der Waals surface area contributed by atoms with Gasteiger partial charge in [-0.25, -0.2) is 4.98 Å². The van der Waals surface area contributed by atoms with Gasteiger partial charge in [-0.05, 0) is 45.4 Å². The van der Waals surface area contributed by atoms with Gasteiger partial charge in [-0.3, -0.25) is 0 Å².